The van der Waals surface area contributed by atoms with E-state index >= 15 is 0 Å². The molecule has 1 atom stereocenters. The number of rotatable bonds is 1. The zero-order valence-electron chi connectivity index (χ0n) is 8.29. The van der Waals surface area contributed by atoms with E-state index in [1.54, 1.807) is 11.3 Å². The van der Waals surface area contributed by atoms with Crippen LogP contribution in [0.15, 0.2) is 12.1 Å². The van der Waals surface area contributed by atoms with Crippen LogP contribution >= 0.6 is 22.9 Å². The number of thiophene rings is 1. The summed E-state index contributed by atoms with van der Waals surface area (Å²) in [5.74, 6) is 0. The third kappa shape index (κ3) is 2.28. The Labute approximate surface area is 93.9 Å². The zero-order valence-corrected chi connectivity index (χ0v) is 9.87. The molecular formula is C10H15ClN2S. The molecule has 14 heavy (non-hydrogen) atoms. The molecule has 0 radical (unpaired) electrons. The maximum absolute atomic E-state index is 5.95. The van der Waals surface area contributed by atoms with Crippen molar-refractivity contribution in [2.45, 2.75) is 12.5 Å². The molecule has 1 aliphatic rings. The van der Waals surface area contributed by atoms with E-state index < -0.39 is 0 Å². The molecule has 78 valence electrons. The first-order valence-electron chi connectivity index (χ1n) is 4.93. The SMILES string of the molecule is CN1CCNCCC1c1ccc(Cl)s1. The summed E-state index contributed by atoms with van der Waals surface area (Å²) in [5.41, 5.74) is 0. The number of nitrogens with one attached hydrogen (secondary N) is 1. The van der Waals surface area contributed by atoms with Crippen molar-refractivity contribution < 1.29 is 0 Å². The Morgan fingerprint density at radius 1 is 1.50 bits per heavy atom. The van der Waals surface area contributed by atoms with Gasteiger partial charge in [0.2, 0.25) is 0 Å². The van der Waals surface area contributed by atoms with Gasteiger partial charge in [0.05, 0.1) is 4.34 Å². The van der Waals surface area contributed by atoms with E-state index in [4.69, 9.17) is 11.6 Å². The van der Waals surface area contributed by atoms with Crippen LogP contribution in [0.5, 0.6) is 0 Å². The third-order valence-corrected chi connectivity index (χ3v) is 4.02. The molecule has 1 aliphatic heterocycles. The Bertz CT molecular complexity index is 300. The predicted octanol–water partition coefficient (Wildman–Crippen LogP) is 2.37. The average molecular weight is 231 g/mol. The summed E-state index contributed by atoms with van der Waals surface area (Å²) < 4.78 is 0.894. The van der Waals surface area contributed by atoms with Crippen LogP contribution in [0, 0.1) is 0 Å². The Hall–Kier alpha value is -0.0900. The fourth-order valence-electron chi connectivity index (χ4n) is 1.86. The van der Waals surface area contributed by atoms with Crippen molar-refractivity contribution in [3.05, 3.63) is 21.3 Å². The average Bonchev–Trinajstić information content (AvgIpc) is 2.46. The molecule has 0 spiro atoms. The van der Waals surface area contributed by atoms with E-state index in [9.17, 15) is 0 Å². The Balaban J connectivity index is 2.14. The summed E-state index contributed by atoms with van der Waals surface area (Å²) in [7, 11) is 2.19. The third-order valence-electron chi connectivity index (χ3n) is 2.69. The molecule has 0 aromatic carbocycles. The van der Waals surface area contributed by atoms with Gasteiger partial charge in [-0.15, -0.1) is 11.3 Å². The first-order valence-corrected chi connectivity index (χ1v) is 6.13. The van der Waals surface area contributed by atoms with Gasteiger partial charge in [0, 0.05) is 24.0 Å². The normalized spacial score (nSPS) is 24.9. The Morgan fingerprint density at radius 2 is 2.36 bits per heavy atom. The fraction of sp³-hybridized carbons (Fsp3) is 0.600. The van der Waals surface area contributed by atoms with E-state index in [-0.39, 0.29) is 0 Å². The molecule has 1 fully saturated rings. The van der Waals surface area contributed by atoms with E-state index in [0.717, 1.165) is 24.0 Å². The van der Waals surface area contributed by atoms with Gasteiger partial charge in [-0.25, -0.2) is 0 Å². The van der Waals surface area contributed by atoms with Crippen LogP contribution in [0.4, 0.5) is 0 Å². The van der Waals surface area contributed by atoms with E-state index in [1.165, 1.54) is 11.3 Å². The Kier molecular flexibility index (Phi) is 3.44. The smallest absolute Gasteiger partial charge is 0.0931 e. The van der Waals surface area contributed by atoms with Gasteiger partial charge >= 0.3 is 0 Å². The number of hydrogen-bond acceptors (Lipinski definition) is 3. The van der Waals surface area contributed by atoms with E-state index in [1.807, 2.05) is 6.07 Å². The van der Waals surface area contributed by atoms with Crippen LogP contribution in [0.2, 0.25) is 4.34 Å². The molecule has 0 aliphatic carbocycles. The molecule has 2 heterocycles. The maximum atomic E-state index is 5.95. The molecule has 1 saturated heterocycles. The van der Waals surface area contributed by atoms with Crippen molar-refractivity contribution in [1.29, 1.82) is 0 Å². The van der Waals surface area contributed by atoms with Gasteiger partial charge in [0.1, 0.15) is 0 Å². The van der Waals surface area contributed by atoms with E-state index in [0.29, 0.717) is 6.04 Å². The first kappa shape index (κ1) is 10.4. The molecule has 1 unspecified atom stereocenters. The van der Waals surface area contributed by atoms with Gasteiger partial charge < -0.3 is 5.32 Å². The van der Waals surface area contributed by atoms with Crippen LogP contribution in [0.1, 0.15) is 17.3 Å². The van der Waals surface area contributed by atoms with Crippen molar-refractivity contribution in [3.63, 3.8) is 0 Å². The largest absolute Gasteiger partial charge is 0.315 e. The molecule has 1 aromatic rings. The van der Waals surface area contributed by atoms with Gasteiger partial charge in [-0.3, -0.25) is 4.90 Å². The van der Waals surface area contributed by atoms with Crippen LogP contribution in [0.25, 0.3) is 0 Å². The number of hydrogen-bond donors (Lipinski definition) is 1. The lowest BCUT2D eigenvalue weighted by atomic mass is 10.1. The summed E-state index contributed by atoms with van der Waals surface area (Å²) >= 11 is 7.66. The highest BCUT2D eigenvalue weighted by Gasteiger charge is 2.20. The molecular weight excluding hydrogens is 216 g/mol. The minimum absolute atomic E-state index is 0.544. The minimum atomic E-state index is 0.544. The molecule has 4 heteroatoms. The summed E-state index contributed by atoms with van der Waals surface area (Å²) in [4.78, 5) is 3.79. The topological polar surface area (TPSA) is 15.3 Å². The van der Waals surface area contributed by atoms with Gasteiger partial charge in [-0.2, -0.15) is 0 Å². The summed E-state index contributed by atoms with van der Waals surface area (Å²) in [6, 6.07) is 4.69. The summed E-state index contributed by atoms with van der Waals surface area (Å²) in [5, 5.41) is 3.41. The molecule has 0 saturated carbocycles. The van der Waals surface area contributed by atoms with Crippen LogP contribution in [-0.4, -0.2) is 31.6 Å². The summed E-state index contributed by atoms with van der Waals surface area (Å²) in [6.45, 7) is 3.30. The zero-order chi connectivity index (χ0) is 9.97. The van der Waals surface area contributed by atoms with Crippen LogP contribution < -0.4 is 5.32 Å². The minimum Gasteiger partial charge on any atom is -0.315 e. The molecule has 1 N–H and O–H groups in total. The van der Waals surface area contributed by atoms with Crippen molar-refractivity contribution >= 4 is 22.9 Å². The predicted molar refractivity (Wildman–Crippen MR) is 62.2 cm³/mol. The molecule has 0 amide bonds. The number of halogens is 1. The maximum Gasteiger partial charge on any atom is 0.0931 e. The number of nitrogens with zero attached hydrogens (tertiary/aromatic N) is 1. The van der Waals surface area contributed by atoms with Gasteiger partial charge in [-0.1, -0.05) is 11.6 Å². The highest BCUT2D eigenvalue weighted by atomic mass is 35.5. The van der Waals surface area contributed by atoms with Crippen molar-refractivity contribution in [1.82, 2.24) is 10.2 Å². The van der Waals surface area contributed by atoms with E-state index in [2.05, 4.69) is 23.3 Å². The highest BCUT2D eigenvalue weighted by molar-refractivity contribution is 7.16. The van der Waals surface area contributed by atoms with Gasteiger partial charge in [0.25, 0.3) is 0 Å². The lowest BCUT2D eigenvalue weighted by molar-refractivity contribution is 0.262. The lowest BCUT2D eigenvalue weighted by Gasteiger charge is -2.23. The second kappa shape index (κ2) is 4.62. The van der Waals surface area contributed by atoms with Gasteiger partial charge in [0.15, 0.2) is 0 Å². The molecule has 0 bridgehead atoms. The quantitative estimate of drug-likeness (QED) is 0.797. The fourth-order valence-corrected chi connectivity index (χ4v) is 3.12. The van der Waals surface area contributed by atoms with Crippen molar-refractivity contribution in [2.24, 2.45) is 0 Å². The monoisotopic (exact) mass is 230 g/mol. The summed E-state index contributed by atoms with van der Waals surface area (Å²) in [6.07, 6.45) is 1.17. The first-order chi connectivity index (χ1) is 6.77. The molecule has 2 nitrogen and oxygen atoms in total. The van der Waals surface area contributed by atoms with Crippen molar-refractivity contribution in [2.75, 3.05) is 26.7 Å². The van der Waals surface area contributed by atoms with Gasteiger partial charge in [-0.05, 0) is 32.1 Å². The second-order valence-corrected chi connectivity index (χ2v) is 5.42. The Morgan fingerprint density at radius 3 is 3.07 bits per heavy atom. The standard InChI is InChI=1S/C10H15ClN2S/c1-13-7-6-12-5-4-8(13)9-2-3-10(11)14-9/h2-3,8,12H,4-7H2,1H3. The van der Waals surface area contributed by atoms with Crippen molar-refractivity contribution in [3.8, 4) is 0 Å². The van der Waals surface area contributed by atoms with Crippen LogP contribution in [-0.2, 0) is 0 Å². The molecule has 2 rings (SSSR count). The second-order valence-electron chi connectivity index (χ2n) is 3.68. The van der Waals surface area contributed by atoms with Crippen LogP contribution in [0.3, 0.4) is 0 Å². The molecule has 1 aromatic heterocycles. The lowest BCUT2D eigenvalue weighted by Crippen LogP contribution is -2.26. The highest BCUT2D eigenvalue weighted by Crippen LogP contribution is 2.32. The number of likely N-dealkylation sites (N-methyl/N-ethyl adjacent to an activating group) is 1.